The number of nitrogens with two attached hydrogens (primary N) is 2. The Kier molecular flexibility index (Phi) is 3.22. The molecular weight excluding hydrogens is 193 g/mol. The Morgan fingerprint density at radius 2 is 1.43 bits per heavy atom. The van der Waals surface area contributed by atoms with Crippen molar-refractivity contribution >= 4 is 11.4 Å². The van der Waals surface area contributed by atoms with E-state index < -0.39 is 20.0 Å². The second-order valence-corrected chi connectivity index (χ2v) is 2.90. The second-order valence-electron chi connectivity index (χ2n) is 2.90. The fourth-order valence-electron chi connectivity index (χ4n) is 1.27. The summed E-state index contributed by atoms with van der Waals surface area (Å²) in [4.78, 5) is 0. The van der Waals surface area contributed by atoms with E-state index in [4.69, 9.17) is 11.5 Å². The monoisotopic (exact) mass is 204 g/mol. The number of hydrogen-bond acceptors (Lipinski definition) is 2. The predicted molar refractivity (Wildman–Crippen MR) is 49.7 cm³/mol. The fourth-order valence-corrected chi connectivity index (χ4v) is 1.27. The zero-order chi connectivity index (χ0) is 10.7. The van der Waals surface area contributed by atoms with Crippen LogP contribution in [0.3, 0.4) is 0 Å². The van der Waals surface area contributed by atoms with Crippen LogP contribution in [0.5, 0.6) is 0 Å². The summed E-state index contributed by atoms with van der Waals surface area (Å²) < 4.78 is 37.2. The Balaban J connectivity index is 3.38. The third-order valence-corrected chi connectivity index (χ3v) is 2.12. The van der Waals surface area contributed by atoms with Gasteiger partial charge >= 0.3 is 0 Å². The summed E-state index contributed by atoms with van der Waals surface area (Å²) in [6.45, 7) is -2.62. The third-order valence-electron chi connectivity index (χ3n) is 2.12. The highest BCUT2D eigenvalue weighted by Crippen LogP contribution is 2.30. The Morgan fingerprint density at radius 1 is 0.857 bits per heavy atom. The Morgan fingerprint density at radius 3 is 1.86 bits per heavy atom. The summed E-state index contributed by atoms with van der Waals surface area (Å²) >= 11 is 0. The number of hydrogen-bond donors (Lipinski definition) is 2. The van der Waals surface area contributed by atoms with Crippen LogP contribution in [0.25, 0.3) is 0 Å². The third kappa shape index (κ3) is 1.62. The first-order valence-corrected chi connectivity index (χ1v) is 4.02. The van der Waals surface area contributed by atoms with Crippen molar-refractivity contribution < 1.29 is 13.2 Å². The van der Waals surface area contributed by atoms with Crippen molar-refractivity contribution in [1.29, 1.82) is 0 Å². The lowest BCUT2D eigenvalue weighted by molar-refractivity contribution is 0.452. The Labute approximate surface area is 79.7 Å². The molecule has 0 bridgehead atoms. The molecule has 0 spiro atoms. The van der Waals surface area contributed by atoms with Gasteiger partial charge in [-0.25, -0.2) is 13.2 Å². The van der Waals surface area contributed by atoms with Gasteiger partial charge in [0.2, 0.25) is 0 Å². The molecule has 0 saturated carbocycles. The number of rotatable bonds is 3. The van der Waals surface area contributed by atoms with E-state index >= 15 is 0 Å². The highest BCUT2D eigenvalue weighted by molar-refractivity contribution is 5.72. The highest BCUT2D eigenvalue weighted by Gasteiger charge is 2.13. The van der Waals surface area contributed by atoms with Crippen LogP contribution >= 0.6 is 0 Å². The van der Waals surface area contributed by atoms with Gasteiger partial charge in [0.05, 0.1) is 11.4 Å². The molecule has 0 unspecified atom stereocenters. The summed E-state index contributed by atoms with van der Waals surface area (Å²) in [5.74, 6) is 0. The maximum Gasteiger partial charge on any atom is 0.117 e. The molecular formula is C9H11F3N2. The summed E-state index contributed by atoms with van der Waals surface area (Å²) in [6, 6.07) is 1.21. The molecule has 0 aromatic heterocycles. The molecule has 1 rings (SSSR count). The van der Waals surface area contributed by atoms with Crippen molar-refractivity contribution in [3.63, 3.8) is 0 Å². The lowest BCUT2D eigenvalue weighted by atomic mass is 10.0. The van der Waals surface area contributed by atoms with Gasteiger partial charge in [-0.2, -0.15) is 0 Å². The molecule has 0 fully saturated rings. The van der Waals surface area contributed by atoms with Crippen LogP contribution in [0.15, 0.2) is 6.07 Å². The molecule has 1 aromatic rings. The molecule has 2 nitrogen and oxygen atoms in total. The number of benzene rings is 1. The molecule has 0 atom stereocenters. The smallest absolute Gasteiger partial charge is 0.117 e. The maximum atomic E-state index is 12.5. The molecule has 0 amide bonds. The molecule has 0 aliphatic carbocycles. The molecule has 0 saturated heterocycles. The zero-order valence-corrected chi connectivity index (χ0v) is 7.49. The van der Waals surface area contributed by atoms with Crippen molar-refractivity contribution in [3.8, 4) is 0 Å². The minimum atomic E-state index is -0.901. The van der Waals surface area contributed by atoms with Gasteiger partial charge in [0.15, 0.2) is 0 Å². The lowest BCUT2D eigenvalue weighted by Gasteiger charge is -2.12. The van der Waals surface area contributed by atoms with Crippen LogP contribution in [0.4, 0.5) is 24.5 Å². The van der Waals surface area contributed by atoms with Gasteiger partial charge in [0, 0.05) is 11.1 Å². The van der Waals surface area contributed by atoms with Gasteiger partial charge in [-0.3, -0.25) is 0 Å². The van der Waals surface area contributed by atoms with Crippen LogP contribution in [0.2, 0.25) is 0 Å². The van der Waals surface area contributed by atoms with E-state index in [9.17, 15) is 13.2 Å². The highest BCUT2D eigenvalue weighted by atomic mass is 19.1. The average molecular weight is 204 g/mol. The van der Waals surface area contributed by atoms with Crippen molar-refractivity contribution in [2.45, 2.75) is 20.0 Å². The SMILES string of the molecule is Nc1c(CF)cc(CF)c(CF)c1N. The van der Waals surface area contributed by atoms with Gasteiger partial charge in [0.1, 0.15) is 20.0 Å². The largest absolute Gasteiger partial charge is 0.397 e. The summed E-state index contributed by atoms with van der Waals surface area (Å²) in [5.41, 5.74) is 11.0. The van der Waals surface area contributed by atoms with Gasteiger partial charge in [-0.15, -0.1) is 0 Å². The lowest BCUT2D eigenvalue weighted by Crippen LogP contribution is -2.05. The average Bonchev–Trinajstić information content (AvgIpc) is 2.21. The van der Waals surface area contributed by atoms with E-state index in [1.54, 1.807) is 0 Å². The van der Waals surface area contributed by atoms with E-state index in [2.05, 4.69) is 0 Å². The van der Waals surface area contributed by atoms with E-state index in [0.717, 1.165) is 0 Å². The van der Waals surface area contributed by atoms with E-state index in [1.807, 2.05) is 0 Å². The summed E-state index contributed by atoms with van der Waals surface area (Å²) in [6.07, 6.45) is 0. The Hall–Kier alpha value is -1.39. The first-order valence-electron chi connectivity index (χ1n) is 4.02. The van der Waals surface area contributed by atoms with Crippen LogP contribution < -0.4 is 11.5 Å². The summed E-state index contributed by atoms with van der Waals surface area (Å²) in [7, 11) is 0. The minimum Gasteiger partial charge on any atom is -0.397 e. The molecule has 0 radical (unpaired) electrons. The van der Waals surface area contributed by atoms with Gasteiger partial charge in [0.25, 0.3) is 0 Å². The number of alkyl halides is 3. The molecule has 78 valence electrons. The van der Waals surface area contributed by atoms with E-state index in [1.165, 1.54) is 6.07 Å². The van der Waals surface area contributed by atoms with Gasteiger partial charge < -0.3 is 11.5 Å². The molecule has 14 heavy (non-hydrogen) atoms. The first-order chi connectivity index (χ1) is 6.65. The molecule has 0 heterocycles. The minimum absolute atomic E-state index is 0.00245. The molecule has 0 aliphatic heterocycles. The van der Waals surface area contributed by atoms with Gasteiger partial charge in [-0.05, 0) is 11.6 Å². The quantitative estimate of drug-likeness (QED) is 0.742. The molecule has 5 heteroatoms. The van der Waals surface area contributed by atoms with Crippen LogP contribution in [0, 0.1) is 0 Å². The maximum absolute atomic E-state index is 12.5. The van der Waals surface area contributed by atoms with Crippen molar-refractivity contribution in [2.24, 2.45) is 0 Å². The predicted octanol–water partition coefficient (Wildman–Crippen LogP) is 2.26. The van der Waals surface area contributed by atoms with Gasteiger partial charge in [-0.1, -0.05) is 0 Å². The molecule has 1 aromatic carbocycles. The normalized spacial score (nSPS) is 10.5. The van der Waals surface area contributed by atoms with E-state index in [0.29, 0.717) is 0 Å². The van der Waals surface area contributed by atoms with Crippen LogP contribution in [-0.2, 0) is 20.0 Å². The van der Waals surface area contributed by atoms with Crippen molar-refractivity contribution in [2.75, 3.05) is 11.5 Å². The number of nitrogen functional groups attached to an aromatic ring is 2. The molecule has 4 N–H and O–H groups in total. The standard InChI is InChI=1S/C9H11F3N2/c10-2-5-1-6(3-11)8(13)9(14)7(5)4-12/h1H,2-4,13-14H2. The summed E-state index contributed by atoms with van der Waals surface area (Å²) in [5, 5.41) is 0. The van der Waals surface area contributed by atoms with Crippen LogP contribution in [0.1, 0.15) is 16.7 Å². The topological polar surface area (TPSA) is 52.0 Å². The van der Waals surface area contributed by atoms with Crippen molar-refractivity contribution in [3.05, 3.63) is 22.8 Å². The molecule has 0 aliphatic rings. The van der Waals surface area contributed by atoms with Crippen LogP contribution in [-0.4, -0.2) is 0 Å². The number of anilines is 2. The second kappa shape index (κ2) is 4.21. The number of halogens is 3. The Bertz CT molecular complexity index is 339. The zero-order valence-electron chi connectivity index (χ0n) is 7.49. The van der Waals surface area contributed by atoms with Crippen molar-refractivity contribution in [1.82, 2.24) is 0 Å². The fraction of sp³-hybridized carbons (Fsp3) is 0.333. The first kappa shape index (κ1) is 10.7. The van der Waals surface area contributed by atoms with E-state index in [-0.39, 0.29) is 28.1 Å².